The molecule has 0 aliphatic carbocycles. The van der Waals surface area contributed by atoms with E-state index in [0.717, 1.165) is 58.1 Å². The number of nitrogens with one attached hydrogen (secondary N) is 2. The van der Waals surface area contributed by atoms with Crippen LogP contribution in [0.15, 0.2) is 4.99 Å². The van der Waals surface area contributed by atoms with E-state index >= 15 is 0 Å². The number of hydrogen-bond acceptors (Lipinski definition) is 4. The average molecular weight is 483 g/mol. The van der Waals surface area contributed by atoms with Crippen LogP contribution in [-0.2, 0) is 4.74 Å². The molecule has 1 unspecified atom stereocenters. The van der Waals surface area contributed by atoms with Crippen molar-refractivity contribution in [3.63, 3.8) is 0 Å². The minimum atomic E-state index is -0.467. The Morgan fingerprint density at radius 2 is 1.96 bits per heavy atom. The van der Waals surface area contributed by atoms with E-state index in [1.165, 1.54) is 0 Å². The topological polar surface area (TPSA) is 69.2 Å². The summed E-state index contributed by atoms with van der Waals surface area (Å²) in [6.45, 7) is 15.8. The number of amides is 1. The molecular formula is C18H38IN5O2. The summed E-state index contributed by atoms with van der Waals surface area (Å²) in [4.78, 5) is 20.9. The van der Waals surface area contributed by atoms with Crippen molar-refractivity contribution in [3.8, 4) is 0 Å². The lowest BCUT2D eigenvalue weighted by Crippen LogP contribution is -2.44. The molecular weight excluding hydrogens is 445 g/mol. The van der Waals surface area contributed by atoms with E-state index < -0.39 is 5.60 Å². The van der Waals surface area contributed by atoms with Crippen LogP contribution < -0.4 is 10.6 Å². The standard InChI is InChI=1S/C18H37N5O2.HI/c1-7-22(8-2)12-9-11-20-16(19-6)23-13-10-15(14-23)21-17(24)25-18(3,4)5;/h15H,7-14H2,1-6H3,(H,19,20)(H,21,24);1H. The molecule has 1 heterocycles. The summed E-state index contributed by atoms with van der Waals surface area (Å²) in [5.41, 5.74) is -0.467. The average Bonchev–Trinajstić information content (AvgIpc) is 2.97. The number of alkyl carbamates (subject to hydrolysis) is 1. The SMILES string of the molecule is CCN(CC)CCCNC(=NC)N1CCC(NC(=O)OC(C)(C)C)C1.I. The van der Waals surface area contributed by atoms with Crippen molar-refractivity contribution in [2.45, 2.75) is 59.1 Å². The number of ether oxygens (including phenoxy) is 1. The van der Waals surface area contributed by atoms with E-state index in [2.05, 4.69) is 39.3 Å². The molecule has 1 aliphatic heterocycles. The van der Waals surface area contributed by atoms with Gasteiger partial charge in [-0.15, -0.1) is 24.0 Å². The molecule has 0 bridgehead atoms. The molecule has 0 spiro atoms. The lowest BCUT2D eigenvalue weighted by Gasteiger charge is -2.24. The Hall–Kier alpha value is -0.770. The second-order valence-corrected chi connectivity index (χ2v) is 7.43. The van der Waals surface area contributed by atoms with Crippen molar-refractivity contribution in [2.75, 3.05) is 46.3 Å². The number of likely N-dealkylation sites (tertiary alicyclic amines) is 1. The van der Waals surface area contributed by atoms with E-state index in [1.54, 1.807) is 7.05 Å². The third kappa shape index (κ3) is 9.80. The fourth-order valence-electron chi connectivity index (χ4n) is 2.92. The van der Waals surface area contributed by atoms with Gasteiger partial charge in [0.2, 0.25) is 0 Å². The van der Waals surface area contributed by atoms with Crippen LogP contribution in [0, 0.1) is 0 Å². The molecule has 1 amide bonds. The van der Waals surface area contributed by atoms with E-state index in [0.29, 0.717) is 0 Å². The summed E-state index contributed by atoms with van der Waals surface area (Å²) in [6.07, 6.45) is 1.65. The Bertz CT molecular complexity index is 436. The number of hydrogen-bond donors (Lipinski definition) is 2. The second-order valence-electron chi connectivity index (χ2n) is 7.43. The van der Waals surface area contributed by atoms with E-state index in [4.69, 9.17) is 4.74 Å². The zero-order valence-electron chi connectivity index (χ0n) is 17.3. The fourth-order valence-corrected chi connectivity index (χ4v) is 2.92. The Morgan fingerprint density at radius 1 is 1.31 bits per heavy atom. The Labute approximate surface area is 176 Å². The van der Waals surface area contributed by atoms with Gasteiger partial charge < -0.3 is 25.2 Å². The van der Waals surface area contributed by atoms with E-state index in [9.17, 15) is 4.79 Å². The lowest BCUT2D eigenvalue weighted by molar-refractivity contribution is 0.0507. The lowest BCUT2D eigenvalue weighted by atomic mass is 10.2. The summed E-state index contributed by atoms with van der Waals surface area (Å²) in [7, 11) is 1.81. The van der Waals surface area contributed by atoms with Gasteiger partial charge in [-0.1, -0.05) is 13.8 Å². The quantitative estimate of drug-likeness (QED) is 0.252. The summed E-state index contributed by atoms with van der Waals surface area (Å²) in [5.74, 6) is 0.910. The third-order valence-electron chi connectivity index (χ3n) is 4.25. The highest BCUT2D eigenvalue weighted by atomic mass is 127. The van der Waals surface area contributed by atoms with Crippen molar-refractivity contribution < 1.29 is 9.53 Å². The van der Waals surface area contributed by atoms with Gasteiger partial charge in [0.05, 0.1) is 6.04 Å². The van der Waals surface area contributed by atoms with Crippen LogP contribution in [0.3, 0.4) is 0 Å². The van der Waals surface area contributed by atoms with Gasteiger partial charge in [-0.3, -0.25) is 4.99 Å². The third-order valence-corrected chi connectivity index (χ3v) is 4.25. The molecule has 0 aromatic rings. The Kier molecular flexibility index (Phi) is 12.2. The maximum Gasteiger partial charge on any atom is 0.407 e. The number of aliphatic imine (C=N–C) groups is 1. The molecule has 7 nitrogen and oxygen atoms in total. The van der Waals surface area contributed by atoms with Gasteiger partial charge in [-0.05, 0) is 53.2 Å². The number of carbonyl (C=O) groups is 1. The van der Waals surface area contributed by atoms with Crippen LogP contribution in [0.25, 0.3) is 0 Å². The van der Waals surface area contributed by atoms with Crippen LogP contribution in [0.5, 0.6) is 0 Å². The maximum atomic E-state index is 11.9. The van der Waals surface area contributed by atoms with Gasteiger partial charge in [-0.2, -0.15) is 0 Å². The van der Waals surface area contributed by atoms with Crippen LogP contribution in [0.2, 0.25) is 0 Å². The molecule has 8 heteroatoms. The van der Waals surface area contributed by atoms with Crippen LogP contribution >= 0.6 is 24.0 Å². The van der Waals surface area contributed by atoms with Crippen molar-refractivity contribution >= 4 is 36.0 Å². The number of carbonyl (C=O) groups excluding carboxylic acids is 1. The van der Waals surface area contributed by atoms with Crippen LogP contribution in [-0.4, -0.2) is 79.8 Å². The first-order chi connectivity index (χ1) is 11.8. The molecule has 0 aromatic carbocycles. The van der Waals surface area contributed by atoms with Crippen molar-refractivity contribution in [1.29, 1.82) is 0 Å². The van der Waals surface area contributed by atoms with Crippen molar-refractivity contribution in [3.05, 3.63) is 0 Å². The summed E-state index contributed by atoms with van der Waals surface area (Å²) >= 11 is 0. The van der Waals surface area contributed by atoms with Gasteiger partial charge in [0.25, 0.3) is 0 Å². The number of nitrogens with zero attached hydrogens (tertiary/aromatic N) is 3. The molecule has 154 valence electrons. The first-order valence-electron chi connectivity index (χ1n) is 9.46. The number of rotatable bonds is 7. The molecule has 1 saturated heterocycles. The first-order valence-corrected chi connectivity index (χ1v) is 9.46. The molecule has 0 radical (unpaired) electrons. The smallest absolute Gasteiger partial charge is 0.407 e. The predicted molar refractivity (Wildman–Crippen MR) is 119 cm³/mol. The van der Waals surface area contributed by atoms with Gasteiger partial charge in [-0.25, -0.2) is 4.79 Å². The highest BCUT2D eigenvalue weighted by Crippen LogP contribution is 2.12. The van der Waals surface area contributed by atoms with Gasteiger partial charge >= 0.3 is 6.09 Å². The normalized spacial score (nSPS) is 17.9. The van der Waals surface area contributed by atoms with E-state index in [-0.39, 0.29) is 36.1 Å². The number of guanidine groups is 1. The van der Waals surface area contributed by atoms with E-state index in [1.807, 2.05) is 20.8 Å². The monoisotopic (exact) mass is 483 g/mol. The zero-order chi connectivity index (χ0) is 18.9. The highest BCUT2D eigenvalue weighted by Gasteiger charge is 2.27. The molecule has 26 heavy (non-hydrogen) atoms. The molecule has 1 rings (SSSR count). The van der Waals surface area contributed by atoms with Crippen molar-refractivity contribution in [1.82, 2.24) is 20.4 Å². The molecule has 1 atom stereocenters. The van der Waals surface area contributed by atoms with Gasteiger partial charge in [0.15, 0.2) is 5.96 Å². The number of halogens is 1. The summed E-state index contributed by atoms with van der Waals surface area (Å²) < 4.78 is 5.33. The zero-order valence-corrected chi connectivity index (χ0v) is 19.6. The Morgan fingerprint density at radius 3 is 2.50 bits per heavy atom. The van der Waals surface area contributed by atoms with Crippen LogP contribution in [0.1, 0.15) is 47.5 Å². The molecule has 1 aliphatic rings. The molecule has 0 aromatic heterocycles. The molecule has 0 saturated carbocycles. The van der Waals surface area contributed by atoms with Gasteiger partial charge in [0.1, 0.15) is 5.60 Å². The van der Waals surface area contributed by atoms with Gasteiger partial charge in [0, 0.05) is 26.7 Å². The maximum absolute atomic E-state index is 11.9. The van der Waals surface area contributed by atoms with Crippen molar-refractivity contribution in [2.24, 2.45) is 4.99 Å². The largest absolute Gasteiger partial charge is 0.444 e. The first kappa shape index (κ1) is 25.2. The predicted octanol–water partition coefficient (Wildman–Crippen LogP) is 2.51. The molecule has 2 N–H and O–H groups in total. The fraction of sp³-hybridized carbons (Fsp3) is 0.889. The van der Waals surface area contributed by atoms with Crippen LogP contribution in [0.4, 0.5) is 4.79 Å². The second kappa shape index (κ2) is 12.6. The highest BCUT2D eigenvalue weighted by molar-refractivity contribution is 14.0. The Balaban J connectivity index is 0.00000625. The molecule has 1 fully saturated rings. The minimum absolute atomic E-state index is 0. The summed E-state index contributed by atoms with van der Waals surface area (Å²) in [6, 6.07) is 0.101. The minimum Gasteiger partial charge on any atom is -0.444 e. The summed E-state index contributed by atoms with van der Waals surface area (Å²) in [5, 5.41) is 6.38.